The van der Waals surface area contributed by atoms with Gasteiger partial charge in [0.2, 0.25) is 0 Å². The fourth-order valence-electron chi connectivity index (χ4n) is 2.68. The molecule has 0 radical (unpaired) electrons. The van der Waals surface area contributed by atoms with E-state index in [2.05, 4.69) is 10.4 Å². The molecule has 0 saturated heterocycles. The summed E-state index contributed by atoms with van der Waals surface area (Å²) in [7, 11) is 5.37. The van der Waals surface area contributed by atoms with Crippen molar-refractivity contribution in [2.45, 2.75) is 44.4 Å². The highest BCUT2D eigenvalue weighted by Gasteiger charge is 2.27. The smallest absolute Gasteiger partial charge is 0.317 e. The van der Waals surface area contributed by atoms with E-state index in [4.69, 9.17) is 4.74 Å². The molecule has 0 spiro atoms. The van der Waals surface area contributed by atoms with Crippen LogP contribution >= 0.6 is 0 Å². The molecule has 1 N–H and O–H groups in total. The topological polar surface area (TPSA) is 59.4 Å². The number of nitrogens with one attached hydrogen (secondary N) is 1. The Hall–Kier alpha value is -1.56. The van der Waals surface area contributed by atoms with E-state index in [1.54, 1.807) is 23.7 Å². The quantitative estimate of drug-likeness (QED) is 0.909. The zero-order chi connectivity index (χ0) is 14.5. The molecular formula is C14H24N4O2. The van der Waals surface area contributed by atoms with Crippen LogP contribution in [0.2, 0.25) is 0 Å². The standard InChI is InChI=1S/C14H24N4O2/c1-17(10-11-8-9-18(2)16-11)14(19)15-12-6-4-5-7-13(12)20-3/h8-9,12-13H,4-7,10H2,1-3H3,(H,15,19)/t12-,13-/m0/s1. The summed E-state index contributed by atoms with van der Waals surface area (Å²) >= 11 is 0. The molecule has 112 valence electrons. The molecule has 0 bridgehead atoms. The van der Waals surface area contributed by atoms with Crippen molar-refractivity contribution in [2.75, 3.05) is 14.2 Å². The number of aromatic nitrogens is 2. The highest BCUT2D eigenvalue weighted by atomic mass is 16.5. The molecule has 0 aliphatic heterocycles. The van der Waals surface area contributed by atoms with E-state index < -0.39 is 0 Å². The molecule has 0 unspecified atom stereocenters. The number of carbonyl (C=O) groups is 1. The van der Waals surface area contributed by atoms with Gasteiger partial charge in [-0.3, -0.25) is 4.68 Å². The van der Waals surface area contributed by atoms with Gasteiger partial charge in [-0.1, -0.05) is 12.8 Å². The van der Waals surface area contributed by atoms with E-state index in [0.29, 0.717) is 6.54 Å². The zero-order valence-corrected chi connectivity index (χ0v) is 12.5. The first-order chi connectivity index (χ1) is 9.60. The highest BCUT2D eigenvalue weighted by Crippen LogP contribution is 2.20. The van der Waals surface area contributed by atoms with Crippen LogP contribution in [0.15, 0.2) is 12.3 Å². The Morgan fingerprint density at radius 3 is 2.95 bits per heavy atom. The van der Waals surface area contributed by atoms with Crippen LogP contribution in [0.4, 0.5) is 4.79 Å². The third-order valence-electron chi connectivity index (χ3n) is 3.83. The number of hydrogen-bond donors (Lipinski definition) is 1. The molecule has 0 aromatic carbocycles. The number of carbonyl (C=O) groups excluding carboxylic acids is 1. The first-order valence-electron chi connectivity index (χ1n) is 7.13. The van der Waals surface area contributed by atoms with E-state index in [1.165, 1.54) is 6.42 Å². The van der Waals surface area contributed by atoms with Crippen LogP contribution in [-0.4, -0.2) is 47.0 Å². The lowest BCUT2D eigenvalue weighted by Crippen LogP contribution is -2.49. The number of aryl methyl sites for hydroxylation is 1. The van der Waals surface area contributed by atoms with E-state index in [-0.39, 0.29) is 18.2 Å². The predicted molar refractivity (Wildman–Crippen MR) is 76.3 cm³/mol. The molecule has 1 heterocycles. The third-order valence-corrected chi connectivity index (χ3v) is 3.83. The Labute approximate surface area is 120 Å². The maximum Gasteiger partial charge on any atom is 0.317 e. The van der Waals surface area contributed by atoms with Gasteiger partial charge in [-0.15, -0.1) is 0 Å². The van der Waals surface area contributed by atoms with Crippen molar-refractivity contribution in [2.24, 2.45) is 7.05 Å². The summed E-state index contributed by atoms with van der Waals surface area (Å²) in [6, 6.07) is 1.97. The van der Waals surface area contributed by atoms with E-state index in [0.717, 1.165) is 25.0 Å². The van der Waals surface area contributed by atoms with Crippen LogP contribution in [0.3, 0.4) is 0 Å². The lowest BCUT2D eigenvalue weighted by atomic mass is 9.92. The molecule has 1 aromatic heterocycles. The van der Waals surface area contributed by atoms with Crippen LogP contribution in [0, 0.1) is 0 Å². The maximum atomic E-state index is 12.2. The normalized spacial score (nSPS) is 22.6. The van der Waals surface area contributed by atoms with Gasteiger partial charge in [-0.25, -0.2) is 4.79 Å². The molecule has 2 rings (SSSR count). The van der Waals surface area contributed by atoms with Gasteiger partial charge < -0.3 is 15.0 Å². The van der Waals surface area contributed by atoms with Crippen LogP contribution in [0.5, 0.6) is 0 Å². The van der Waals surface area contributed by atoms with Gasteiger partial charge in [0.25, 0.3) is 0 Å². The summed E-state index contributed by atoms with van der Waals surface area (Å²) in [4.78, 5) is 13.9. The Bertz CT molecular complexity index is 446. The number of rotatable bonds is 4. The predicted octanol–water partition coefficient (Wildman–Crippen LogP) is 1.52. The lowest BCUT2D eigenvalue weighted by Gasteiger charge is -2.32. The van der Waals surface area contributed by atoms with Crippen molar-refractivity contribution < 1.29 is 9.53 Å². The Balaban J connectivity index is 1.86. The monoisotopic (exact) mass is 280 g/mol. The van der Waals surface area contributed by atoms with Crippen LogP contribution < -0.4 is 5.32 Å². The Morgan fingerprint density at radius 2 is 2.30 bits per heavy atom. The van der Waals surface area contributed by atoms with E-state index >= 15 is 0 Å². The molecule has 6 nitrogen and oxygen atoms in total. The molecule has 6 heteroatoms. The summed E-state index contributed by atoms with van der Waals surface area (Å²) in [5, 5.41) is 7.36. The minimum atomic E-state index is -0.0652. The molecule has 1 saturated carbocycles. The van der Waals surface area contributed by atoms with Gasteiger partial charge >= 0.3 is 6.03 Å². The van der Waals surface area contributed by atoms with Crippen molar-refractivity contribution >= 4 is 6.03 Å². The molecule has 1 aromatic rings. The van der Waals surface area contributed by atoms with Gasteiger partial charge in [-0.05, 0) is 18.9 Å². The lowest BCUT2D eigenvalue weighted by molar-refractivity contribution is 0.0434. The number of methoxy groups -OCH3 is 1. The Morgan fingerprint density at radius 1 is 1.55 bits per heavy atom. The van der Waals surface area contributed by atoms with Gasteiger partial charge in [0.05, 0.1) is 24.4 Å². The summed E-state index contributed by atoms with van der Waals surface area (Å²) in [5.74, 6) is 0. The average Bonchev–Trinajstić information content (AvgIpc) is 2.84. The summed E-state index contributed by atoms with van der Waals surface area (Å²) in [5.41, 5.74) is 0.886. The number of amides is 2. The van der Waals surface area contributed by atoms with Crippen molar-refractivity contribution in [3.63, 3.8) is 0 Å². The molecular weight excluding hydrogens is 256 g/mol. The van der Waals surface area contributed by atoms with Crippen LogP contribution in [-0.2, 0) is 18.3 Å². The largest absolute Gasteiger partial charge is 0.379 e. The Kier molecular flexibility index (Phi) is 5.00. The molecule has 2 amide bonds. The maximum absolute atomic E-state index is 12.2. The minimum Gasteiger partial charge on any atom is -0.379 e. The molecule has 1 aliphatic carbocycles. The van der Waals surface area contributed by atoms with Gasteiger partial charge in [0, 0.05) is 27.4 Å². The molecule has 1 fully saturated rings. The van der Waals surface area contributed by atoms with E-state index in [1.807, 2.05) is 19.3 Å². The minimum absolute atomic E-state index is 0.0652. The molecule has 2 atom stereocenters. The van der Waals surface area contributed by atoms with Crippen molar-refractivity contribution in [1.29, 1.82) is 0 Å². The zero-order valence-electron chi connectivity index (χ0n) is 12.5. The second kappa shape index (κ2) is 6.74. The summed E-state index contributed by atoms with van der Waals surface area (Å²) in [6.45, 7) is 0.511. The first-order valence-corrected chi connectivity index (χ1v) is 7.13. The van der Waals surface area contributed by atoms with Crippen molar-refractivity contribution in [3.05, 3.63) is 18.0 Å². The second-order valence-electron chi connectivity index (χ2n) is 5.45. The van der Waals surface area contributed by atoms with Crippen LogP contribution in [0.25, 0.3) is 0 Å². The second-order valence-corrected chi connectivity index (χ2v) is 5.45. The first kappa shape index (κ1) is 14.8. The number of urea groups is 1. The average molecular weight is 280 g/mol. The van der Waals surface area contributed by atoms with Crippen molar-refractivity contribution in [3.8, 4) is 0 Å². The highest BCUT2D eigenvalue weighted by molar-refractivity contribution is 5.74. The third kappa shape index (κ3) is 3.72. The molecule has 1 aliphatic rings. The van der Waals surface area contributed by atoms with Gasteiger partial charge in [-0.2, -0.15) is 5.10 Å². The van der Waals surface area contributed by atoms with Gasteiger partial charge in [0.1, 0.15) is 0 Å². The number of hydrogen-bond acceptors (Lipinski definition) is 3. The summed E-state index contributed by atoms with van der Waals surface area (Å²) in [6.07, 6.45) is 6.34. The van der Waals surface area contributed by atoms with Crippen molar-refractivity contribution in [1.82, 2.24) is 20.0 Å². The molecule has 20 heavy (non-hydrogen) atoms. The number of nitrogens with zero attached hydrogens (tertiary/aromatic N) is 3. The fourth-order valence-corrected chi connectivity index (χ4v) is 2.68. The van der Waals surface area contributed by atoms with Gasteiger partial charge in [0.15, 0.2) is 0 Å². The van der Waals surface area contributed by atoms with Crippen LogP contribution in [0.1, 0.15) is 31.4 Å². The summed E-state index contributed by atoms with van der Waals surface area (Å²) < 4.78 is 7.20. The number of ether oxygens (including phenoxy) is 1. The fraction of sp³-hybridized carbons (Fsp3) is 0.714. The SMILES string of the molecule is CO[C@H]1CCCC[C@@H]1NC(=O)N(C)Cc1ccn(C)n1. The van der Waals surface area contributed by atoms with E-state index in [9.17, 15) is 4.79 Å².